The maximum Gasteiger partial charge on any atom is 0.227 e. The average molecular weight is 361 g/mol. The van der Waals surface area contributed by atoms with E-state index in [0.717, 1.165) is 17.0 Å². The van der Waals surface area contributed by atoms with Gasteiger partial charge in [0.15, 0.2) is 5.78 Å². The number of hydrogen-bond acceptors (Lipinski definition) is 5. The minimum Gasteiger partial charge on any atom is -0.324 e. The number of fused-ring (bicyclic) bond motifs is 1. The molecule has 134 valence electrons. The quantitative estimate of drug-likeness (QED) is 0.552. The maximum absolute atomic E-state index is 14.0. The molecule has 0 unspecified atom stereocenters. The van der Waals surface area contributed by atoms with Crippen LogP contribution in [0, 0.1) is 12.7 Å². The van der Waals surface area contributed by atoms with Gasteiger partial charge < -0.3 is 5.32 Å². The fourth-order valence-corrected chi connectivity index (χ4v) is 2.98. The number of Topliss-reactive ketones (excluding diaryl/α,β-unsaturated/α-hetero) is 1. The molecule has 4 aromatic rings. The molecule has 0 aliphatic heterocycles. The molecular formula is C20H16FN5O. The third-order valence-corrected chi connectivity index (χ3v) is 4.21. The Kier molecular flexibility index (Phi) is 4.12. The number of aromatic nitrogens is 4. The molecule has 3 heterocycles. The van der Waals surface area contributed by atoms with E-state index in [9.17, 15) is 9.18 Å². The van der Waals surface area contributed by atoms with E-state index < -0.39 is 5.82 Å². The van der Waals surface area contributed by atoms with Crippen LogP contribution < -0.4 is 5.32 Å². The van der Waals surface area contributed by atoms with E-state index in [1.165, 1.54) is 19.1 Å². The molecule has 7 heteroatoms. The summed E-state index contributed by atoms with van der Waals surface area (Å²) in [6.07, 6.45) is 3.56. The molecule has 1 N–H and O–H groups in total. The van der Waals surface area contributed by atoms with Gasteiger partial charge in [0.2, 0.25) is 5.95 Å². The van der Waals surface area contributed by atoms with Crippen LogP contribution in [0.4, 0.5) is 16.0 Å². The summed E-state index contributed by atoms with van der Waals surface area (Å²) in [6, 6.07) is 11.9. The standard InChI is InChI=1S/C20H16FN5O/c1-12-19(26-10-4-3-5-18(26)23-12)17-8-9-22-20(25-17)24-14-6-7-15(13(2)27)16(21)11-14/h3-11H,1-2H3,(H,22,24,25). The van der Waals surface area contributed by atoms with E-state index in [1.54, 1.807) is 18.3 Å². The number of ketones is 1. The zero-order valence-corrected chi connectivity index (χ0v) is 14.8. The number of pyridine rings is 1. The predicted octanol–water partition coefficient (Wildman–Crippen LogP) is 4.19. The van der Waals surface area contributed by atoms with Gasteiger partial charge >= 0.3 is 0 Å². The second kappa shape index (κ2) is 6.60. The van der Waals surface area contributed by atoms with Crippen molar-refractivity contribution in [2.24, 2.45) is 0 Å². The molecule has 0 aliphatic rings. The number of halogens is 1. The van der Waals surface area contributed by atoms with Gasteiger partial charge in [-0.25, -0.2) is 19.3 Å². The number of aryl methyl sites for hydroxylation is 1. The summed E-state index contributed by atoms with van der Waals surface area (Å²) in [5.74, 6) is -0.575. The van der Waals surface area contributed by atoms with Crippen LogP contribution in [0.1, 0.15) is 23.0 Å². The minimum atomic E-state index is -0.582. The van der Waals surface area contributed by atoms with E-state index in [0.29, 0.717) is 17.3 Å². The Morgan fingerprint density at radius 2 is 2.00 bits per heavy atom. The number of carbonyl (C=O) groups excluding carboxylic acids is 1. The Labute approximate surface area is 154 Å². The van der Waals surface area contributed by atoms with Crippen molar-refractivity contribution in [1.82, 2.24) is 19.4 Å². The van der Waals surface area contributed by atoms with Gasteiger partial charge in [-0.15, -0.1) is 0 Å². The van der Waals surface area contributed by atoms with Crippen LogP contribution in [0.5, 0.6) is 0 Å². The molecule has 0 atom stereocenters. The molecule has 0 radical (unpaired) electrons. The van der Waals surface area contributed by atoms with Gasteiger partial charge in [-0.05, 0) is 50.2 Å². The Morgan fingerprint density at radius 1 is 1.15 bits per heavy atom. The summed E-state index contributed by atoms with van der Waals surface area (Å²) in [4.78, 5) is 24.6. The van der Waals surface area contributed by atoms with Crippen LogP contribution in [-0.4, -0.2) is 25.1 Å². The van der Waals surface area contributed by atoms with Crippen LogP contribution in [-0.2, 0) is 0 Å². The van der Waals surface area contributed by atoms with Gasteiger partial charge in [0, 0.05) is 18.1 Å². The second-order valence-electron chi connectivity index (χ2n) is 6.12. The highest BCUT2D eigenvalue weighted by molar-refractivity contribution is 5.94. The number of imidazole rings is 1. The van der Waals surface area contributed by atoms with Crippen molar-refractivity contribution in [1.29, 1.82) is 0 Å². The molecule has 0 bridgehead atoms. The number of nitrogens with zero attached hydrogens (tertiary/aromatic N) is 4. The SMILES string of the molecule is CC(=O)c1ccc(Nc2nccc(-c3c(C)nc4ccccn34)n2)cc1F. The molecule has 4 rings (SSSR count). The largest absolute Gasteiger partial charge is 0.324 e. The first-order chi connectivity index (χ1) is 13.0. The zero-order chi connectivity index (χ0) is 19.0. The summed E-state index contributed by atoms with van der Waals surface area (Å²) in [6.45, 7) is 3.25. The monoisotopic (exact) mass is 361 g/mol. The lowest BCUT2D eigenvalue weighted by Crippen LogP contribution is -2.02. The van der Waals surface area contributed by atoms with Crippen LogP contribution in [0.25, 0.3) is 17.0 Å². The molecule has 0 aliphatic carbocycles. The molecule has 0 spiro atoms. The van der Waals surface area contributed by atoms with Gasteiger partial charge in [0.1, 0.15) is 11.5 Å². The predicted molar refractivity (Wildman–Crippen MR) is 101 cm³/mol. The number of rotatable bonds is 4. The van der Waals surface area contributed by atoms with Crippen molar-refractivity contribution < 1.29 is 9.18 Å². The van der Waals surface area contributed by atoms with E-state index in [-0.39, 0.29) is 11.3 Å². The van der Waals surface area contributed by atoms with Crippen molar-refractivity contribution in [2.45, 2.75) is 13.8 Å². The summed E-state index contributed by atoms with van der Waals surface area (Å²) in [7, 11) is 0. The van der Waals surface area contributed by atoms with Crippen LogP contribution in [0.2, 0.25) is 0 Å². The molecule has 27 heavy (non-hydrogen) atoms. The maximum atomic E-state index is 14.0. The first-order valence-corrected chi connectivity index (χ1v) is 8.37. The summed E-state index contributed by atoms with van der Waals surface area (Å²) >= 11 is 0. The van der Waals surface area contributed by atoms with Crippen molar-refractivity contribution in [3.63, 3.8) is 0 Å². The van der Waals surface area contributed by atoms with E-state index >= 15 is 0 Å². The lowest BCUT2D eigenvalue weighted by Gasteiger charge is -2.08. The highest BCUT2D eigenvalue weighted by Crippen LogP contribution is 2.24. The third kappa shape index (κ3) is 3.15. The van der Waals surface area contributed by atoms with Gasteiger partial charge in [-0.1, -0.05) is 6.07 Å². The highest BCUT2D eigenvalue weighted by atomic mass is 19.1. The topological polar surface area (TPSA) is 72.2 Å². The normalized spacial score (nSPS) is 10.9. The van der Waals surface area contributed by atoms with Crippen molar-refractivity contribution in [3.8, 4) is 11.4 Å². The van der Waals surface area contributed by atoms with Crippen LogP contribution in [0.3, 0.4) is 0 Å². The number of anilines is 2. The molecule has 6 nitrogen and oxygen atoms in total. The Morgan fingerprint density at radius 3 is 2.78 bits per heavy atom. The number of nitrogens with one attached hydrogen (secondary N) is 1. The van der Waals surface area contributed by atoms with Crippen molar-refractivity contribution in [3.05, 3.63) is 71.9 Å². The van der Waals surface area contributed by atoms with Crippen molar-refractivity contribution in [2.75, 3.05) is 5.32 Å². The smallest absolute Gasteiger partial charge is 0.227 e. The first kappa shape index (κ1) is 16.8. The summed E-state index contributed by atoms with van der Waals surface area (Å²) in [5.41, 5.74) is 3.77. The Bertz CT molecular complexity index is 1170. The Hall–Kier alpha value is -3.61. The molecule has 0 amide bonds. The summed E-state index contributed by atoms with van der Waals surface area (Å²) < 4.78 is 16.0. The van der Waals surface area contributed by atoms with Gasteiger partial charge in [-0.2, -0.15) is 0 Å². The minimum absolute atomic E-state index is 0.0524. The van der Waals surface area contributed by atoms with E-state index in [2.05, 4.69) is 20.3 Å². The van der Waals surface area contributed by atoms with Gasteiger partial charge in [0.25, 0.3) is 0 Å². The van der Waals surface area contributed by atoms with E-state index in [4.69, 9.17) is 0 Å². The fourth-order valence-electron chi connectivity index (χ4n) is 2.98. The molecule has 0 fully saturated rings. The third-order valence-electron chi connectivity index (χ3n) is 4.21. The first-order valence-electron chi connectivity index (χ1n) is 8.37. The number of benzene rings is 1. The lowest BCUT2D eigenvalue weighted by atomic mass is 10.1. The highest BCUT2D eigenvalue weighted by Gasteiger charge is 2.13. The zero-order valence-electron chi connectivity index (χ0n) is 14.8. The fraction of sp³-hybridized carbons (Fsp3) is 0.100. The molecule has 1 aromatic carbocycles. The molecule has 0 saturated heterocycles. The van der Waals surface area contributed by atoms with Gasteiger partial charge in [0.05, 0.1) is 22.6 Å². The number of hydrogen-bond donors (Lipinski definition) is 1. The number of carbonyl (C=O) groups is 1. The summed E-state index contributed by atoms with van der Waals surface area (Å²) in [5, 5.41) is 2.98. The van der Waals surface area contributed by atoms with E-state index in [1.807, 2.05) is 35.7 Å². The average Bonchev–Trinajstić information content (AvgIpc) is 2.97. The Balaban J connectivity index is 1.70. The van der Waals surface area contributed by atoms with Crippen molar-refractivity contribution >= 4 is 23.1 Å². The molecule has 3 aromatic heterocycles. The van der Waals surface area contributed by atoms with Crippen LogP contribution >= 0.6 is 0 Å². The lowest BCUT2D eigenvalue weighted by molar-refractivity contribution is 0.101. The van der Waals surface area contributed by atoms with Crippen LogP contribution in [0.15, 0.2) is 54.9 Å². The molecular weight excluding hydrogens is 345 g/mol. The molecule has 0 saturated carbocycles. The van der Waals surface area contributed by atoms with Gasteiger partial charge in [-0.3, -0.25) is 9.20 Å². The second-order valence-corrected chi connectivity index (χ2v) is 6.12.